The van der Waals surface area contributed by atoms with Crippen LogP contribution in [-0.2, 0) is 4.79 Å². The molecule has 0 aliphatic carbocycles. The van der Waals surface area contributed by atoms with Crippen molar-refractivity contribution in [1.82, 2.24) is 0 Å². The van der Waals surface area contributed by atoms with Crippen LogP contribution in [0.2, 0.25) is 10.0 Å². The van der Waals surface area contributed by atoms with Crippen molar-refractivity contribution in [2.24, 2.45) is 0 Å². The van der Waals surface area contributed by atoms with Gasteiger partial charge >= 0.3 is 5.97 Å². The van der Waals surface area contributed by atoms with E-state index in [9.17, 15) is 9.90 Å². The third-order valence-corrected chi connectivity index (χ3v) is 3.64. The largest absolute Gasteiger partial charge is 0.478 e. The lowest BCUT2D eigenvalue weighted by Crippen LogP contribution is -2.18. The first kappa shape index (κ1) is 15.2. The number of ether oxygens (including phenoxy) is 1. The third-order valence-electron chi connectivity index (χ3n) is 2.54. The van der Waals surface area contributed by atoms with Crippen LogP contribution in [0.1, 0.15) is 11.7 Å². The average molecular weight is 376 g/mol. The number of hydrogen-bond acceptors (Lipinski definition) is 2. The molecule has 0 bridgehead atoms. The highest BCUT2D eigenvalue weighted by molar-refractivity contribution is 9.10. The Kier molecular flexibility index (Phi) is 4.91. The molecule has 1 atom stereocenters. The van der Waals surface area contributed by atoms with Crippen molar-refractivity contribution >= 4 is 45.1 Å². The van der Waals surface area contributed by atoms with Gasteiger partial charge in [-0.1, -0.05) is 35.3 Å². The van der Waals surface area contributed by atoms with E-state index in [0.717, 1.165) is 0 Å². The first-order chi connectivity index (χ1) is 9.47. The van der Waals surface area contributed by atoms with E-state index in [4.69, 9.17) is 27.9 Å². The van der Waals surface area contributed by atoms with E-state index >= 15 is 0 Å². The molecule has 2 aromatic rings. The predicted molar refractivity (Wildman–Crippen MR) is 81.6 cm³/mol. The zero-order valence-electron chi connectivity index (χ0n) is 10.0. The first-order valence-electron chi connectivity index (χ1n) is 5.57. The van der Waals surface area contributed by atoms with Crippen molar-refractivity contribution in [3.05, 3.63) is 62.5 Å². The van der Waals surface area contributed by atoms with Gasteiger partial charge in [-0.05, 0) is 46.3 Å². The number of aliphatic carboxylic acids is 1. The minimum Gasteiger partial charge on any atom is -0.478 e. The van der Waals surface area contributed by atoms with Crippen molar-refractivity contribution in [2.45, 2.75) is 6.10 Å². The highest BCUT2D eigenvalue weighted by atomic mass is 79.9. The summed E-state index contributed by atoms with van der Waals surface area (Å²) >= 11 is 14.9. The Morgan fingerprint density at radius 2 is 1.70 bits per heavy atom. The molecule has 0 amide bonds. The molecule has 0 aromatic heterocycles. The van der Waals surface area contributed by atoms with Gasteiger partial charge in [-0.3, -0.25) is 0 Å². The van der Waals surface area contributed by atoms with Gasteiger partial charge in [0.25, 0.3) is 0 Å². The molecule has 0 aliphatic rings. The SMILES string of the molecule is O=C(O)C(Oc1ccc(Cl)cc1Br)c1ccc(Cl)cc1. The normalized spacial score (nSPS) is 11.9. The van der Waals surface area contributed by atoms with Crippen LogP contribution in [0.4, 0.5) is 0 Å². The molecule has 0 heterocycles. The number of carboxylic acids is 1. The number of hydrogen-bond donors (Lipinski definition) is 1. The smallest absolute Gasteiger partial charge is 0.349 e. The molecule has 104 valence electrons. The van der Waals surface area contributed by atoms with Gasteiger partial charge in [0.1, 0.15) is 5.75 Å². The molecule has 0 aliphatic heterocycles. The predicted octanol–water partition coefficient (Wildman–Crippen LogP) is 4.96. The van der Waals surface area contributed by atoms with Crippen LogP contribution in [0.3, 0.4) is 0 Å². The molecule has 1 unspecified atom stereocenters. The van der Waals surface area contributed by atoms with Gasteiger partial charge in [0.05, 0.1) is 4.47 Å². The Balaban J connectivity index is 2.30. The highest BCUT2D eigenvalue weighted by Crippen LogP contribution is 2.32. The van der Waals surface area contributed by atoms with Gasteiger partial charge in [0, 0.05) is 15.6 Å². The van der Waals surface area contributed by atoms with E-state index in [1.54, 1.807) is 42.5 Å². The van der Waals surface area contributed by atoms with Crippen molar-refractivity contribution in [3.63, 3.8) is 0 Å². The van der Waals surface area contributed by atoms with Crippen LogP contribution in [0.5, 0.6) is 5.75 Å². The summed E-state index contributed by atoms with van der Waals surface area (Å²) in [4.78, 5) is 11.4. The van der Waals surface area contributed by atoms with Crippen LogP contribution >= 0.6 is 39.1 Å². The van der Waals surface area contributed by atoms with Gasteiger partial charge in [-0.25, -0.2) is 4.79 Å². The topological polar surface area (TPSA) is 46.5 Å². The van der Waals surface area contributed by atoms with Crippen molar-refractivity contribution in [1.29, 1.82) is 0 Å². The van der Waals surface area contributed by atoms with E-state index in [1.165, 1.54) is 0 Å². The summed E-state index contributed by atoms with van der Waals surface area (Å²) in [6.45, 7) is 0. The van der Waals surface area contributed by atoms with E-state index in [2.05, 4.69) is 15.9 Å². The monoisotopic (exact) mass is 374 g/mol. The van der Waals surface area contributed by atoms with Crippen LogP contribution in [-0.4, -0.2) is 11.1 Å². The van der Waals surface area contributed by atoms with E-state index < -0.39 is 12.1 Å². The quantitative estimate of drug-likeness (QED) is 0.821. The van der Waals surface area contributed by atoms with Gasteiger partial charge in [-0.2, -0.15) is 0 Å². The summed E-state index contributed by atoms with van der Waals surface area (Å²) in [5.74, 6) is -0.689. The third kappa shape index (κ3) is 3.66. The summed E-state index contributed by atoms with van der Waals surface area (Å²) in [6.07, 6.45) is -1.12. The Morgan fingerprint density at radius 3 is 2.25 bits per heavy atom. The standard InChI is InChI=1S/C14H9BrCl2O3/c15-11-7-10(17)5-6-12(11)20-13(14(18)19)8-1-3-9(16)4-2-8/h1-7,13H,(H,18,19). The Hall–Kier alpha value is -1.23. The second-order valence-corrected chi connectivity index (χ2v) is 5.69. The number of halogens is 3. The molecule has 0 saturated carbocycles. The fourth-order valence-corrected chi connectivity index (χ4v) is 2.50. The molecule has 6 heteroatoms. The Labute approximate surface area is 134 Å². The van der Waals surface area contributed by atoms with Crippen molar-refractivity contribution in [3.8, 4) is 5.75 Å². The molecule has 0 saturated heterocycles. The van der Waals surface area contributed by atoms with Crippen LogP contribution in [0, 0.1) is 0 Å². The van der Waals surface area contributed by atoms with Gasteiger partial charge in [0.15, 0.2) is 0 Å². The van der Waals surface area contributed by atoms with E-state index in [-0.39, 0.29) is 0 Å². The summed E-state index contributed by atoms with van der Waals surface area (Å²) in [6, 6.07) is 11.3. The molecule has 0 fully saturated rings. The number of carbonyl (C=O) groups is 1. The lowest BCUT2D eigenvalue weighted by molar-refractivity contribution is -0.145. The second-order valence-electron chi connectivity index (χ2n) is 3.96. The minimum absolute atomic E-state index is 0.400. The Morgan fingerprint density at radius 1 is 1.10 bits per heavy atom. The van der Waals surface area contributed by atoms with Gasteiger partial charge in [-0.15, -0.1) is 0 Å². The number of rotatable bonds is 4. The first-order valence-corrected chi connectivity index (χ1v) is 7.12. The number of benzene rings is 2. The maximum absolute atomic E-state index is 11.4. The minimum atomic E-state index is -1.12. The second kappa shape index (κ2) is 6.48. The zero-order chi connectivity index (χ0) is 14.7. The van der Waals surface area contributed by atoms with E-state index in [1.807, 2.05) is 0 Å². The highest BCUT2D eigenvalue weighted by Gasteiger charge is 2.22. The maximum atomic E-state index is 11.4. The van der Waals surface area contributed by atoms with Crippen LogP contribution in [0.25, 0.3) is 0 Å². The summed E-state index contributed by atoms with van der Waals surface area (Å²) in [7, 11) is 0. The molecule has 20 heavy (non-hydrogen) atoms. The average Bonchev–Trinajstić information content (AvgIpc) is 2.39. The lowest BCUT2D eigenvalue weighted by Gasteiger charge is -2.16. The van der Waals surface area contributed by atoms with Crippen molar-refractivity contribution < 1.29 is 14.6 Å². The molecule has 2 rings (SSSR count). The molecule has 1 N–H and O–H groups in total. The lowest BCUT2D eigenvalue weighted by atomic mass is 10.1. The van der Waals surface area contributed by atoms with Crippen LogP contribution in [0.15, 0.2) is 46.9 Å². The fourth-order valence-electron chi connectivity index (χ4n) is 1.60. The zero-order valence-corrected chi connectivity index (χ0v) is 13.1. The molecular formula is C14H9BrCl2O3. The molecular weight excluding hydrogens is 367 g/mol. The van der Waals surface area contributed by atoms with Gasteiger partial charge in [0.2, 0.25) is 6.10 Å². The molecule has 3 nitrogen and oxygen atoms in total. The molecule has 2 aromatic carbocycles. The Bertz CT molecular complexity index is 629. The number of carboxylic acid groups (broad SMARTS) is 1. The van der Waals surface area contributed by atoms with Crippen molar-refractivity contribution in [2.75, 3.05) is 0 Å². The van der Waals surface area contributed by atoms with Crippen LogP contribution < -0.4 is 4.74 Å². The van der Waals surface area contributed by atoms with Gasteiger partial charge < -0.3 is 9.84 Å². The summed E-state index contributed by atoms with van der Waals surface area (Å²) in [5.41, 5.74) is 0.503. The summed E-state index contributed by atoms with van der Waals surface area (Å²) < 4.78 is 6.13. The molecule has 0 radical (unpaired) electrons. The molecule has 0 spiro atoms. The summed E-state index contributed by atoms with van der Waals surface area (Å²) in [5, 5.41) is 10.4. The fraction of sp³-hybridized carbons (Fsp3) is 0.0714. The maximum Gasteiger partial charge on any atom is 0.349 e. The van der Waals surface area contributed by atoms with E-state index in [0.29, 0.717) is 25.8 Å².